The standard InChI is InChI=1S/C10H16N4O/c1-3-7(4-2)12-10(15)8-5-6-9(11)14-13-8/h5-7H,3-4H2,1-2H3,(H2,11,14)(H,12,15). The molecule has 1 rings (SSSR count). The van der Waals surface area contributed by atoms with Crippen LogP contribution in [0.1, 0.15) is 37.2 Å². The number of nitrogens with one attached hydrogen (secondary N) is 1. The lowest BCUT2D eigenvalue weighted by Gasteiger charge is -2.13. The molecule has 0 aliphatic carbocycles. The molecule has 1 amide bonds. The molecule has 0 radical (unpaired) electrons. The molecule has 0 aliphatic rings. The van der Waals surface area contributed by atoms with Crippen molar-refractivity contribution < 1.29 is 4.79 Å². The molecular weight excluding hydrogens is 192 g/mol. The Morgan fingerprint density at radius 3 is 2.53 bits per heavy atom. The van der Waals surface area contributed by atoms with Gasteiger partial charge in [0.2, 0.25) is 0 Å². The normalized spacial score (nSPS) is 10.3. The summed E-state index contributed by atoms with van der Waals surface area (Å²) in [7, 11) is 0. The second kappa shape index (κ2) is 5.29. The SMILES string of the molecule is CCC(CC)NC(=O)c1ccc(N)nn1. The van der Waals surface area contributed by atoms with Crippen LogP contribution >= 0.6 is 0 Å². The number of nitrogen functional groups attached to an aromatic ring is 1. The Kier molecular flexibility index (Phi) is 4.03. The number of carbonyl (C=O) groups excluding carboxylic acids is 1. The lowest BCUT2D eigenvalue weighted by molar-refractivity contribution is 0.0929. The Balaban J connectivity index is 2.64. The maximum absolute atomic E-state index is 11.6. The summed E-state index contributed by atoms with van der Waals surface area (Å²) in [6.45, 7) is 4.06. The van der Waals surface area contributed by atoms with Gasteiger partial charge < -0.3 is 11.1 Å². The van der Waals surface area contributed by atoms with Gasteiger partial charge in [0, 0.05) is 6.04 Å². The van der Waals surface area contributed by atoms with Gasteiger partial charge in [0.15, 0.2) is 5.69 Å². The van der Waals surface area contributed by atoms with Crippen molar-refractivity contribution >= 4 is 11.7 Å². The van der Waals surface area contributed by atoms with E-state index in [2.05, 4.69) is 15.5 Å². The maximum atomic E-state index is 11.6. The van der Waals surface area contributed by atoms with Crippen LogP contribution in [0.2, 0.25) is 0 Å². The fraction of sp³-hybridized carbons (Fsp3) is 0.500. The first-order valence-corrected chi connectivity index (χ1v) is 5.07. The van der Waals surface area contributed by atoms with Gasteiger partial charge in [-0.05, 0) is 25.0 Å². The highest BCUT2D eigenvalue weighted by Crippen LogP contribution is 2.01. The number of amides is 1. The minimum absolute atomic E-state index is 0.192. The number of nitrogens with zero attached hydrogens (tertiary/aromatic N) is 2. The molecule has 1 aromatic rings. The molecule has 1 heterocycles. The van der Waals surface area contributed by atoms with Gasteiger partial charge in [0.1, 0.15) is 5.82 Å². The van der Waals surface area contributed by atoms with E-state index in [0.29, 0.717) is 11.5 Å². The van der Waals surface area contributed by atoms with Crippen LogP contribution in [0.15, 0.2) is 12.1 Å². The van der Waals surface area contributed by atoms with E-state index in [1.165, 1.54) is 0 Å². The second-order valence-electron chi connectivity index (χ2n) is 3.33. The van der Waals surface area contributed by atoms with Crippen molar-refractivity contribution in [3.63, 3.8) is 0 Å². The largest absolute Gasteiger partial charge is 0.382 e. The Hall–Kier alpha value is -1.65. The van der Waals surface area contributed by atoms with E-state index in [1.807, 2.05) is 13.8 Å². The smallest absolute Gasteiger partial charge is 0.272 e. The number of carbonyl (C=O) groups is 1. The first-order chi connectivity index (χ1) is 7.17. The van der Waals surface area contributed by atoms with Crippen molar-refractivity contribution in [3.05, 3.63) is 17.8 Å². The maximum Gasteiger partial charge on any atom is 0.272 e. The summed E-state index contributed by atoms with van der Waals surface area (Å²) in [4.78, 5) is 11.6. The van der Waals surface area contributed by atoms with Gasteiger partial charge in [-0.25, -0.2) is 0 Å². The summed E-state index contributed by atoms with van der Waals surface area (Å²) in [5.74, 6) is 0.116. The molecule has 5 nitrogen and oxygen atoms in total. The van der Waals surface area contributed by atoms with Crippen molar-refractivity contribution in [2.75, 3.05) is 5.73 Å². The quantitative estimate of drug-likeness (QED) is 0.772. The van der Waals surface area contributed by atoms with E-state index in [-0.39, 0.29) is 11.9 Å². The Labute approximate surface area is 89.1 Å². The average Bonchev–Trinajstić information content (AvgIpc) is 2.26. The summed E-state index contributed by atoms with van der Waals surface area (Å²) in [6, 6.07) is 3.33. The number of hydrogen-bond acceptors (Lipinski definition) is 4. The lowest BCUT2D eigenvalue weighted by atomic mass is 10.1. The molecule has 0 spiro atoms. The first-order valence-electron chi connectivity index (χ1n) is 5.07. The van der Waals surface area contributed by atoms with Gasteiger partial charge >= 0.3 is 0 Å². The Morgan fingerprint density at radius 1 is 1.40 bits per heavy atom. The van der Waals surface area contributed by atoms with Gasteiger partial charge in [-0.1, -0.05) is 13.8 Å². The number of nitrogens with two attached hydrogens (primary N) is 1. The zero-order chi connectivity index (χ0) is 11.3. The molecule has 0 aromatic carbocycles. The predicted molar refractivity (Wildman–Crippen MR) is 58.3 cm³/mol. The topological polar surface area (TPSA) is 80.9 Å². The number of hydrogen-bond donors (Lipinski definition) is 2. The lowest BCUT2D eigenvalue weighted by Crippen LogP contribution is -2.34. The van der Waals surface area contributed by atoms with Gasteiger partial charge in [0.25, 0.3) is 5.91 Å². The van der Waals surface area contributed by atoms with Gasteiger partial charge in [-0.15, -0.1) is 10.2 Å². The minimum Gasteiger partial charge on any atom is -0.382 e. The zero-order valence-corrected chi connectivity index (χ0v) is 9.03. The molecule has 0 saturated carbocycles. The monoisotopic (exact) mass is 208 g/mol. The molecule has 5 heteroatoms. The van der Waals surface area contributed by atoms with E-state index in [1.54, 1.807) is 12.1 Å². The third-order valence-corrected chi connectivity index (χ3v) is 2.24. The molecule has 0 unspecified atom stereocenters. The average molecular weight is 208 g/mol. The third kappa shape index (κ3) is 3.19. The van der Waals surface area contributed by atoms with Crippen LogP contribution in [-0.4, -0.2) is 22.1 Å². The molecule has 0 bridgehead atoms. The van der Waals surface area contributed by atoms with E-state index in [4.69, 9.17) is 5.73 Å². The third-order valence-electron chi connectivity index (χ3n) is 2.24. The molecule has 0 aliphatic heterocycles. The van der Waals surface area contributed by atoms with Crippen molar-refractivity contribution in [2.24, 2.45) is 0 Å². The predicted octanol–water partition coefficient (Wildman–Crippen LogP) is 0.977. The molecule has 0 saturated heterocycles. The van der Waals surface area contributed by atoms with Gasteiger partial charge in [0.05, 0.1) is 0 Å². The second-order valence-corrected chi connectivity index (χ2v) is 3.33. The van der Waals surface area contributed by atoms with E-state index in [0.717, 1.165) is 12.8 Å². The Morgan fingerprint density at radius 2 is 2.07 bits per heavy atom. The van der Waals surface area contributed by atoms with E-state index < -0.39 is 0 Å². The minimum atomic E-state index is -0.198. The fourth-order valence-corrected chi connectivity index (χ4v) is 1.22. The highest BCUT2D eigenvalue weighted by Gasteiger charge is 2.11. The summed E-state index contributed by atoms with van der Waals surface area (Å²) in [6.07, 6.45) is 1.81. The zero-order valence-electron chi connectivity index (χ0n) is 9.03. The van der Waals surface area contributed by atoms with Crippen molar-refractivity contribution in [1.29, 1.82) is 0 Å². The molecule has 0 atom stereocenters. The Bertz CT molecular complexity index is 319. The van der Waals surface area contributed by atoms with Crippen molar-refractivity contribution in [1.82, 2.24) is 15.5 Å². The highest BCUT2D eigenvalue weighted by molar-refractivity contribution is 5.92. The van der Waals surface area contributed by atoms with Crippen LogP contribution in [0.25, 0.3) is 0 Å². The van der Waals surface area contributed by atoms with Crippen molar-refractivity contribution in [2.45, 2.75) is 32.7 Å². The molecular formula is C10H16N4O. The summed E-state index contributed by atoms with van der Waals surface area (Å²) in [5.41, 5.74) is 5.68. The van der Waals surface area contributed by atoms with Crippen LogP contribution in [0.4, 0.5) is 5.82 Å². The summed E-state index contributed by atoms with van der Waals surface area (Å²) < 4.78 is 0. The highest BCUT2D eigenvalue weighted by atomic mass is 16.2. The fourth-order valence-electron chi connectivity index (χ4n) is 1.22. The molecule has 3 N–H and O–H groups in total. The number of rotatable bonds is 4. The van der Waals surface area contributed by atoms with Gasteiger partial charge in [-0.3, -0.25) is 4.79 Å². The van der Waals surface area contributed by atoms with Crippen molar-refractivity contribution in [3.8, 4) is 0 Å². The molecule has 82 valence electrons. The summed E-state index contributed by atoms with van der Waals surface area (Å²) >= 11 is 0. The van der Waals surface area contributed by atoms with E-state index >= 15 is 0 Å². The van der Waals surface area contributed by atoms with Crippen LogP contribution in [0, 0.1) is 0 Å². The van der Waals surface area contributed by atoms with Crippen LogP contribution < -0.4 is 11.1 Å². The van der Waals surface area contributed by atoms with Crippen LogP contribution in [0.5, 0.6) is 0 Å². The summed E-state index contributed by atoms with van der Waals surface area (Å²) in [5, 5.41) is 10.2. The van der Waals surface area contributed by atoms with E-state index in [9.17, 15) is 4.79 Å². The number of aromatic nitrogens is 2. The molecule has 0 fully saturated rings. The molecule has 15 heavy (non-hydrogen) atoms. The van der Waals surface area contributed by atoms with Crippen LogP contribution in [-0.2, 0) is 0 Å². The number of anilines is 1. The molecule has 1 aromatic heterocycles. The van der Waals surface area contributed by atoms with Crippen LogP contribution in [0.3, 0.4) is 0 Å². The van der Waals surface area contributed by atoms with Gasteiger partial charge in [-0.2, -0.15) is 0 Å². The first kappa shape index (κ1) is 11.4.